The third kappa shape index (κ3) is 2.37. The maximum Gasteiger partial charge on any atom is 0.433 e. The second-order valence-electron chi connectivity index (χ2n) is 3.76. The quantitative estimate of drug-likeness (QED) is 0.618. The number of carbonyl (C=O) groups is 1. The van der Waals surface area contributed by atoms with Crippen LogP contribution in [0.3, 0.4) is 0 Å². The van der Waals surface area contributed by atoms with Gasteiger partial charge < -0.3 is 4.42 Å². The Bertz CT molecular complexity index is 628. The van der Waals surface area contributed by atoms with E-state index in [1.807, 2.05) is 6.92 Å². The van der Waals surface area contributed by atoms with Crippen molar-refractivity contribution in [3.05, 3.63) is 28.1 Å². The van der Waals surface area contributed by atoms with Gasteiger partial charge in [0.2, 0.25) is 11.7 Å². The first-order chi connectivity index (χ1) is 9.06. The number of nitro groups is 1. The van der Waals surface area contributed by atoms with Crippen molar-refractivity contribution in [1.29, 1.82) is 0 Å². The summed E-state index contributed by atoms with van der Waals surface area (Å²) in [7, 11) is 0. The molecule has 0 unspecified atom stereocenters. The third-order valence-electron chi connectivity index (χ3n) is 2.52. The average Bonchev–Trinajstić information content (AvgIpc) is 3.03. The van der Waals surface area contributed by atoms with Gasteiger partial charge in [0.25, 0.3) is 0 Å². The van der Waals surface area contributed by atoms with Crippen molar-refractivity contribution in [3.8, 4) is 11.6 Å². The molecule has 0 radical (unpaired) electrons. The Balaban J connectivity index is 2.42. The lowest BCUT2D eigenvalue weighted by Crippen LogP contribution is -2.14. The van der Waals surface area contributed by atoms with Crippen molar-refractivity contribution < 1.29 is 14.1 Å². The number of furan rings is 1. The van der Waals surface area contributed by atoms with E-state index in [2.05, 4.69) is 10.1 Å². The first-order valence-corrected chi connectivity index (χ1v) is 5.80. The molecule has 0 amide bonds. The lowest BCUT2D eigenvalue weighted by molar-refractivity contribution is -0.401. The SMILES string of the molecule is CCC(=O)n1nc(-c2ccc([N+](=O)[O-])o2)nc1CC. The van der Waals surface area contributed by atoms with Gasteiger partial charge in [0, 0.05) is 12.8 Å². The summed E-state index contributed by atoms with van der Waals surface area (Å²) >= 11 is 0. The lowest BCUT2D eigenvalue weighted by atomic mass is 10.4. The van der Waals surface area contributed by atoms with Crippen LogP contribution in [0.5, 0.6) is 0 Å². The molecule has 2 aromatic rings. The van der Waals surface area contributed by atoms with Gasteiger partial charge in [-0.2, -0.15) is 4.68 Å². The highest BCUT2D eigenvalue weighted by Gasteiger charge is 2.19. The van der Waals surface area contributed by atoms with E-state index in [9.17, 15) is 14.9 Å². The number of nitrogens with zero attached hydrogens (tertiary/aromatic N) is 4. The molecule has 0 aliphatic rings. The summed E-state index contributed by atoms with van der Waals surface area (Å²) in [6.45, 7) is 3.57. The van der Waals surface area contributed by atoms with Gasteiger partial charge in [-0.3, -0.25) is 14.9 Å². The van der Waals surface area contributed by atoms with Gasteiger partial charge in [-0.05, 0) is 6.07 Å². The molecule has 0 saturated carbocycles. The Labute approximate surface area is 108 Å². The van der Waals surface area contributed by atoms with Gasteiger partial charge in [0.05, 0.1) is 6.07 Å². The molecule has 2 heterocycles. The molecule has 0 N–H and O–H groups in total. The van der Waals surface area contributed by atoms with E-state index in [4.69, 9.17) is 4.42 Å². The normalized spacial score (nSPS) is 10.6. The smallest absolute Gasteiger partial charge is 0.397 e. The van der Waals surface area contributed by atoms with Crippen molar-refractivity contribution in [2.75, 3.05) is 0 Å². The Morgan fingerprint density at radius 2 is 2.21 bits per heavy atom. The fourth-order valence-corrected chi connectivity index (χ4v) is 1.57. The van der Waals surface area contributed by atoms with Gasteiger partial charge >= 0.3 is 5.88 Å². The zero-order chi connectivity index (χ0) is 14.0. The van der Waals surface area contributed by atoms with Crippen LogP contribution in [0.1, 0.15) is 30.9 Å². The number of carbonyl (C=O) groups excluding carboxylic acids is 1. The molecule has 0 fully saturated rings. The summed E-state index contributed by atoms with van der Waals surface area (Å²) in [6.07, 6.45) is 0.829. The van der Waals surface area contributed by atoms with Gasteiger partial charge in [-0.15, -0.1) is 5.10 Å². The highest BCUT2D eigenvalue weighted by atomic mass is 16.6. The first kappa shape index (κ1) is 12.9. The molecule has 0 saturated heterocycles. The van der Waals surface area contributed by atoms with Gasteiger partial charge in [0.15, 0.2) is 5.76 Å². The summed E-state index contributed by atoms with van der Waals surface area (Å²) in [5.74, 6) is 0.277. The summed E-state index contributed by atoms with van der Waals surface area (Å²) in [4.78, 5) is 25.7. The van der Waals surface area contributed by atoms with Crippen molar-refractivity contribution >= 4 is 11.8 Å². The molecule has 2 aromatic heterocycles. The van der Waals surface area contributed by atoms with Gasteiger partial charge in [-0.25, -0.2) is 4.98 Å². The summed E-state index contributed by atoms with van der Waals surface area (Å²) in [5.41, 5.74) is 0. The number of aryl methyl sites for hydroxylation is 1. The predicted octanol–water partition coefficient (Wildman–Crippen LogP) is 2.06. The Kier molecular flexibility index (Phi) is 3.41. The Morgan fingerprint density at radius 1 is 1.47 bits per heavy atom. The second-order valence-corrected chi connectivity index (χ2v) is 3.76. The lowest BCUT2D eigenvalue weighted by Gasteiger charge is -1.98. The molecule has 100 valence electrons. The van der Waals surface area contributed by atoms with E-state index in [1.54, 1.807) is 6.92 Å². The van der Waals surface area contributed by atoms with Crippen LogP contribution in [0.2, 0.25) is 0 Å². The van der Waals surface area contributed by atoms with E-state index < -0.39 is 4.92 Å². The highest BCUT2D eigenvalue weighted by Crippen LogP contribution is 2.23. The van der Waals surface area contributed by atoms with Crippen LogP contribution in [0.15, 0.2) is 16.5 Å². The largest absolute Gasteiger partial charge is 0.433 e. The van der Waals surface area contributed by atoms with Crippen molar-refractivity contribution in [3.63, 3.8) is 0 Å². The van der Waals surface area contributed by atoms with Crippen LogP contribution < -0.4 is 0 Å². The van der Waals surface area contributed by atoms with Crippen molar-refractivity contribution in [1.82, 2.24) is 14.8 Å². The highest BCUT2D eigenvalue weighted by molar-refractivity contribution is 5.78. The number of aromatic nitrogens is 3. The zero-order valence-electron chi connectivity index (χ0n) is 10.5. The molecule has 0 spiro atoms. The number of rotatable bonds is 4. The number of hydrogen-bond acceptors (Lipinski definition) is 6. The maximum atomic E-state index is 11.7. The Hall–Kier alpha value is -2.51. The first-order valence-electron chi connectivity index (χ1n) is 5.80. The van der Waals surface area contributed by atoms with Crippen LogP contribution in [-0.4, -0.2) is 25.6 Å². The maximum absolute atomic E-state index is 11.7. The second kappa shape index (κ2) is 5.01. The minimum absolute atomic E-state index is 0.170. The van der Waals surface area contributed by atoms with E-state index in [0.717, 1.165) is 0 Å². The van der Waals surface area contributed by atoms with E-state index in [1.165, 1.54) is 16.8 Å². The molecule has 19 heavy (non-hydrogen) atoms. The molecule has 0 aliphatic carbocycles. The van der Waals surface area contributed by atoms with Crippen LogP contribution in [0.4, 0.5) is 5.88 Å². The summed E-state index contributed by atoms with van der Waals surface area (Å²) in [6, 6.07) is 2.64. The molecule has 0 bridgehead atoms. The molecule has 0 aromatic carbocycles. The monoisotopic (exact) mass is 264 g/mol. The van der Waals surface area contributed by atoms with Gasteiger partial charge in [-0.1, -0.05) is 13.8 Å². The minimum atomic E-state index is -0.640. The molecule has 8 heteroatoms. The van der Waals surface area contributed by atoms with Crippen LogP contribution in [-0.2, 0) is 6.42 Å². The van der Waals surface area contributed by atoms with Gasteiger partial charge in [0.1, 0.15) is 10.7 Å². The van der Waals surface area contributed by atoms with Crippen LogP contribution >= 0.6 is 0 Å². The van der Waals surface area contributed by atoms with Crippen LogP contribution in [0.25, 0.3) is 11.6 Å². The average molecular weight is 264 g/mol. The third-order valence-corrected chi connectivity index (χ3v) is 2.52. The fourth-order valence-electron chi connectivity index (χ4n) is 1.57. The molecule has 0 aliphatic heterocycles. The standard InChI is InChI=1S/C11H12N4O4/c1-3-8-12-11(13-14(8)9(16)4-2)7-5-6-10(19-7)15(17)18/h5-6H,3-4H2,1-2H3. The Morgan fingerprint density at radius 3 is 2.74 bits per heavy atom. The summed E-state index contributed by atoms with van der Waals surface area (Å²) in [5, 5.41) is 14.6. The summed E-state index contributed by atoms with van der Waals surface area (Å²) < 4.78 is 6.22. The molecular formula is C11H12N4O4. The molecular weight excluding hydrogens is 252 g/mol. The predicted molar refractivity (Wildman–Crippen MR) is 64.7 cm³/mol. The molecule has 2 rings (SSSR count). The van der Waals surface area contributed by atoms with Crippen molar-refractivity contribution in [2.24, 2.45) is 0 Å². The fraction of sp³-hybridized carbons (Fsp3) is 0.364. The van der Waals surface area contributed by atoms with E-state index >= 15 is 0 Å². The van der Waals surface area contributed by atoms with E-state index in [-0.39, 0.29) is 23.4 Å². The molecule has 8 nitrogen and oxygen atoms in total. The van der Waals surface area contributed by atoms with E-state index in [0.29, 0.717) is 18.7 Å². The van der Waals surface area contributed by atoms with Crippen LogP contribution in [0, 0.1) is 10.1 Å². The zero-order valence-corrected chi connectivity index (χ0v) is 10.5. The minimum Gasteiger partial charge on any atom is -0.397 e. The molecule has 0 atom stereocenters. The number of hydrogen-bond donors (Lipinski definition) is 0. The topological polar surface area (TPSA) is 104 Å². The van der Waals surface area contributed by atoms with Crippen molar-refractivity contribution in [2.45, 2.75) is 26.7 Å².